The number of amides is 1. The monoisotopic (exact) mass is 258 g/mol. The van der Waals surface area contributed by atoms with E-state index in [-0.39, 0.29) is 17.9 Å². The van der Waals surface area contributed by atoms with Crippen molar-refractivity contribution in [2.45, 2.75) is 38.6 Å². The number of rotatable bonds is 5. The Morgan fingerprint density at radius 1 is 1.32 bits per heavy atom. The molecule has 0 saturated carbocycles. The Kier molecular flexibility index (Phi) is 4.74. The summed E-state index contributed by atoms with van der Waals surface area (Å²) in [5, 5.41) is 2.94. The summed E-state index contributed by atoms with van der Waals surface area (Å²) >= 11 is 0. The van der Waals surface area contributed by atoms with E-state index in [0.717, 1.165) is 12.1 Å². The van der Waals surface area contributed by atoms with Gasteiger partial charge in [0.25, 0.3) is 0 Å². The van der Waals surface area contributed by atoms with E-state index in [1.54, 1.807) is 0 Å². The minimum atomic E-state index is -0.0882. The molecule has 3 heteroatoms. The molecule has 3 N–H and O–H groups in total. The molecule has 0 saturated heterocycles. The topological polar surface area (TPSA) is 55.1 Å². The zero-order valence-corrected chi connectivity index (χ0v) is 11.4. The molecule has 2 atom stereocenters. The van der Waals surface area contributed by atoms with Gasteiger partial charge in [-0.25, -0.2) is 0 Å². The van der Waals surface area contributed by atoms with Crippen LogP contribution in [0.25, 0.3) is 0 Å². The van der Waals surface area contributed by atoms with Crippen molar-refractivity contribution in [1.82, 2.24) is 0 Å². The molecule has 0 fully saturated rings. The molecule has 0 spiro atoms. The first-order chi connectivity index (χ1) is 9.19. The normalized spacial score (nSPS) is 21.6. The van der Waals surface area contributed by atoms with Gasteiger partial charge in [0.05, 0.1) is 5.92 Å². The summed E-state index contributed by atoms with van der Waals surface area (Å²) in [6.07, 6.45) is 8.02. The molecule has 0 radical (unpaired) electrons. The number of hydrogen-bond donors (Lipinski definition) is 2. The van der Waals surface area contributed by atoms with E-state index in [2.05, 4.69) is 24.4 Å². The maximum absolute atomic E-state index is 12.0. The van der Waals surface area contributed by atoms with Gasteiger partial charge in [0.15, 0.2) is 0 Å². The predicted octanol–water partition coefficient (Wildman–Crippen LogP) is 2.87. The molecule has 1 aromatic rings. The molecule has 1 aliphatic carbocycles. The van der Waals surface area contributed by atoms with Gasteiger partial charge in [-0.15, -0.1) is 0 Å². The highest BCUT2D eigenvalue weighted by atomic mass is 16.1. The lowest BCUT2D eigenvalue weighted by Gasteiger charge is -2.11. The highest BCUT2D eigenvalue weighted by Gasteiger charge is 2.22. The van der Waals surface area contributed by atoms with Gasteiger partial charge in [0.1, 0.15) is 0 Å². The molecule has 0 heterocycles. The van der Waals surface area contributed by atoms with Crippen LogP contribution in [0.5, 0.6) is 0 Å². The number of carbonyl (C=O) groups is 1. The molecule has 1 aliphatic rings. The van der Waals surface area contributed by atoms with Gasteiger partial charge in [-0.2, -0.15) is 0 Å². The first kappa shape index (κ1) is 13.8. The second-order valence-electron chi connectivity index (χ2n) is 5.18. The lowest BCUT2D eigenvalue weighted by Crippen LogP contribution is -2.23. The van der Waals surface area contributed by atoms with Crippen molar-refractivity contribution in [2.75, 3.05) is 5.32 Å². The maximum atomic E-state index is 12.0. The minimum absolute atomic E-state index is 0.0205. The number of carbonyl (C=O) groups excluding carboxylic acids is 1. The number of nitrogens with two attached hydrogens (primary N) is 1. The molecular formula is C16H22N2O. The molecule has 3 nitrogen and oxygen atoms in total. The summed E-state index contributed by atoms with van der Waals surface area (Å²) < 4.78 is 0. The van der Waals surface area contributed by atoms with Gasteiger partial charge >= 0.3 is 0 Å². The van der Waals surface area contributed by atoms with E-state index < -0.39 is 0 Å². The zero-order chi connectivity index (χ0) is 13.7. The third-order valence-corrected chi connectivity index (χ3v) is 3.49. The standard InChI is InChI=1S/C16H22N2O/c1-2-3-4-12-5-9-15(10-6-12)18-16(19)13-7-8-14(17)11-13/h5-10,13-14H,2-4,11,17H2,1H3,(H,18,19). The van der Waals surface area contributed by atoms with Crippen molar-refractivity contribution in [3.8, 4) is 0 Å². The fraction of sp³-hybridized carbons (Fsp3) is 0.438. The van der Waals surface area contributed by atoms with Crippen LogP contribution >= 0.6 is 0 Å². The van der Waals surface area contributed by atoms with Crippen LogP contribution in [0, 0.1) is 5.92 Å². The summed E-state index contributed by atoms with van der Waals surface area (Å²) in [6, 6.07) is 8.14. The quantitative estimate of drug-likeness (QED) is 0.798. The van der Waals surface area contributed by atoms with Crippen molar-refractivity contribution in [3.63, 3.8) is 0 Å². The van der Waals surface area contributed by atoms with Crippen LogP contribution in [0.4, 0.5) is 5.69 Å². The van der Waals surface area contributed by atoms with Crippen LogP contribution in [0.15, 0.2) is 36.4 Å². The van der Waals surface area contributed by atoms with Gasteiger partial charge in [0, 0.05) is 11.7 Å². The first-order valence-corrected chi connectivity index (χ1v) is 7.02. The number of aryl methyl sites for hydroxylation is 1. The van der Waals surface area contributed by atoms with E-state index in [0.29, 0.717) is 6.42 Å². The maximum Gasteiger partial charge on any atom is 0.231 e. The lowest BCUT2D eigenvalue weighted by molar-refractivity contribution is -0.118. The predicted molar refractivity (Wildman–Crippen MR) is 78.9 cm³/mol. The van der Waals surface area contributed by atoms with Gasteiger partial charge in [-0.05, 0) is 37.0 Å². The minimum Gasteiger partial charge on any atom is -0.326 e. The Bertz CT molecular complexity index is 450. The summed E-state index contributed by atoms with van der Waals surface area (Å²) in [7, 11) is 0. The van der Waals surface area contributed by atoms with Crippen molar-refractivity contribution in [3.05, 3.63) is 42.0 Å². The van der Waals surface area contributed by atoms with Crippen LogP contribution < -0.4 is 11.1 Å². The smallest absolute Gasteiger partial charge is 0.231 e. The van der Waals surface area contributed by atoms with Crippen LogP contribution in [-0.4, -0.2) is 11.9 Å². The summed E-state index contributed by atoms with van der Waals surface area (Å²) in [5.41, 5.74) is 7.94. The van der Waals surface area contributed by atoms with Crippen molar-refractivity contribution in [1.29, 1.82) is 0 Å². The highest BCUT2D eigenvalue weighted by Crippen LogP contribution is 2.19. The fourth-order valence-corrected chi connectivity index (χ4v) is 2.29. The summed E-state index contributed by atoms with van der Waals surface area (Å²) in [4.78, 5) is 12.0. The molecule has 0 aliphatic heterocycles. The summed E-state index contributed by atoms with van der Waals surface area (Å²) in [6.45, 7) is 2.19. The zero-order valence-electron chi connectivity index (χ0n) is 11.4. The Morgan fingerprint density at radius 2 is 2.05 bits per heavy atom. The van der Waals surface area contributed by atoms with E-state index in [4.69, 9.17) is 5.73 Å². The second-order valence-corrected chi connectivity index (χ2v) is 5.18. The van der Waals surface area contributed by atoms with Crippen molar-refractivity contribution >= 4 is 11.6 Å². The van der Waals surface area contributed by atoms with Gasteiger partial charge in [0.2, 0.25) is 5.91 Å². The van der Waals surface area contributed by atoms with Gasteiger partial charge in [-0.1, -0.05) is 37.6 Å². The molecule has 1 aromatic carbocycles. The number of anilines is 1. The summed E-state index contributed by atoms with van der Waals surface area (Å²) in [5.74, 6) is -0.0553. The number of hydrogen-bond acceptors (Lipinski definition) is 2. The van der Waals surface area contributed by atoms with Crippen LogP contribution in [0.2, 0.25) is 0 Å². The Balaban J connectivity index is 1.89. The third-order valence-electron chi connectivity index (χ3n) is 3.49. The van der Waals surface area contributed by atoms with E-state index in [9.17, 15) is 4.79 Å². The van der Waals surface area contributed by atoms with Crippen molar-refractivity contribution < 1.29 is 4.79 Å². The van der Waals surface area contributed by atoms with E-state index in [1.807, 2.05) is 24.3 Å². The van der Waals surface area contributed by atoms with E-state index in [1.165, 1.54) is 18.4 Å². The molecule has 0 aromatic heterocycles. The van der Waals surface area contributed by atoms with Gasteiger partial charge < -0.3 is 11.1 Å². The Hall–Kier alpha value is -1.61. The van der Waals surface area contributed by atoms with Crippen LogP contribution in [-0.2, 0) is 11.2 Å². The molecule has 102 valence electrons. The molecular weight excluding hydrogens is 236 g/mol. The average Bonchev–Trinajstić information content (AvgIpc) is 2.85. The first-order valence-electron chi connectivity index (χ1n) is 7.02. The Labute approximate surface area is 114 Å². The molecule has 2 unspecified atom stereocenters. The number of benzene rings is 1. The van der Waals surface area contributed by atoms with E-state index >= 15 is 0 Å². The average molecular weight is 258 g/mol. The molecule has 19 heavy (non-hydrogen) atoms. The third kappa shape index (κ3) is 3.93. The second kappa shape index (κ2) is 6.53. The van der Waals surface area contributed by atoms with Crippen LogP contribution in [0.3, 0.4) is 0 Å². The highest BCUT2D eigenvalue weighted by molar-refractivity contribution is 5.94. The SMILES string of the molecule is CCCCc1ccc(NC(=O)C2C=CC(N)C2)cc1. The largest absolute Gasteiger partial charge is 0.326 e. The lowest BCUT2D eigenvalue weighted by atomic mass is 10.1. The number of nitrogens with one attached hydrogen (secondary N) is 1. The van der Waals surface area contributed by atoms with Gasteiger partial charge in [-0.3, -0.25) is 4.79 Å². The molecule has 0 bridgehead atoms. The Morgan fingerprint density at radius 3 is 2.63 bits per heavy atom. The fourth-order valence-electron chi connectivity index (χ4n) is 2.29. The molecule has 1 amide bonds. The number of unbranched alkanes of at least 4 members (excludes halogenated alkanes) is 1. The van der Waals surface area contributed by atoms with Crippen molar-refractivity contribution in [2.24, 2.45) is 11.7 Å². The molecule has 2 rings (SSSR count). The van der Waals surface area contributed by atoms with Crippen LogP contribution in [0.1, 0.15) is 31.7 Å².